The number of carbonyl (C=O) groups excluding carboxylic acids is 3. The number of hydrogen-bond donors (Lipinski definition) is 0. The van der Waals surface area contributed by atoms with Crippen molar-refractivity contribution in [3.63, 3.8) is 0 Å². The van der Waals surface area contributed by atoms with Crippen LogP contribution in [0, 0.1) is 0 Å². The van der Waals surface area contributed by atoms with E-state index in [9.17, 15) is 14.4 Å². The van der Waals surface area contributed by atoms with Crippen molar-refractivity contribution in [3.05, 3.63) is 74.2 Å². The Hall–Kier alpha value is -2.78. The maximum atomic E-state index is 13.2. The summed E-state index contributed by atoms with van der Waals surface area (Å²) >= 11 is 13.4. The van der Waals surface area contributed by atoms with Gasteiger partial charge >= 0.3 is 0 Å². The SMILES string of the molecule is CCc1cccc2c(/C=C3\SC(=O)N(CC(=O)N4CCOCC4)C3=O)cn(Cc3ccc(Cl)cc3Cl)c12. The second-order valence-electron chi connectivity index (χ2n) is 8.88. The molecule has 2 aromatic carbocycles. The van der Waals surface area contributed by atoms with E-state index >= 15 is 0 Å². The van der Waals surface area contributed by atoms with Crippen LogP contribution in [-0.4, -0.2) is 64.3 Å². The Morgan fingerprint density at radius 1 is 1.11 bits per heavy atom. The van der Waals surface area contributed by atoms with Gasteiger partial charge in [-0.15, -0.1) is 0 Å². The molecule has 2 fully saturated rings. The first-order chi connectivity index (χ1) is 17.9. The van der Waals surface area contributed by atoms with Gasteiger partial charge in [0.2, 0.25) is 5.91 Å². The molecule has 2 saturated heterocycles. The lowest BCUT2D eigenvalue weighted by atomic mass is 10.1. The summed E-state index contributed by atoms with van der Waals surface area (Å²) in [7, 11) is 0. The first kappa shape index (κ1) is 25.9. The number of morpholine rings is 1. The van der Waals surface area contributed by atoms with Gasteiger partial charge in [-0.25, -0.2) is 0 Å². The Balaban J connectivity index is 1.46. The predicted molar refractivity (Wildman–Crippen MR) is 147 cm³/mol. The third kappa shape index (κ3) is 5.29. The zero-order valence-electron chi connectivity index (χ0n) is 20.2. The molecular formula is C27H25Cl2N3O4S. The second kappa shape index (κ2) is 10.9. The van der Waals surface area contributed by atoms with Gasteiger partial charge in [0, 0.05) is 46.8 Å². The number of para-hydroxylation sites is 1. The van der Waals surface area contributed by atoms with Crippen LogP contribution in [0.3, 0.4) is 0 Å². The summed E-state index contributed by atoms with van der Waals surface area (Å²) in [4.78, 5) is 41.4. The number of carbonyl (C=O) groups is 3. The number of ether oxygens (including phenoxy) is 1. The zero-order chi connectivity index (χ0) is 26.1. The predicted octanol–water partition coefficient (Wildman–Crippen LogP) is 5.45. The third-order valence-corrected chi connectivity index (χ3v) is 8.06. The van der Waals surface area contributed by atoms with E-state index in [1.807, 2.05) is 30.5 Å². The highest BCUT2D eigenvalue weighted by Gasteiger charge is 2.37. The number of benzene rings is 2. The number of hydrogen-bond acceptors (Lipinski definition) is 5. The molecule has 192 valence electrons. The highest BCUT2D eigenvalue weighted by atomic mass is 35.5. The van der Waals surface area contributed by atoms with Crippen molar-refractivity contribution in [1.29, 1.82) is 0 Å². The van der Waals surface area contributed by atoms with E-state index < -0.39 is 11.1 Å². The molecule has 1 aromatic heterocycles. The second-order valence-corrected chi connectivity index (χ2v) is 10.7. The van der Waals surface area contributed by atoms with Gasteiger partial charge < -0.3 is 14.2 Å². The maximum absolute atomic E-state index is 13.2. The monoisotopic (exact) mass is 557 g/mol. The standard InChI is InChI=1S/C27H25Cl2N3O4S/c1-2-17-4-3-5-21-19(15-31(25(17)21)14-18-6-7-20(28)13-22(18)29)12-23-26(34)32(27(35)37-23)16-24(33)30-8-10-36-11-9-30/h3-7,12-13,15H,2,8-11,14,16H2,1H3/b23-12-. The van der Waals surface area contributed by atoms with Crippen LogP contribution in [0.1, 0.15) is 23.6 Å². The Labute approximate surface area is 228 Å². The van der Waals surface area contributed by atoms with E-state index in [4.69, 9.17) is 27.9 Å². The summed E-state index contributed by atoms with van der Waals surface area (Å²) in [6.07, 6.45) is 4.54. The van der Waals surface area contributed by atoms with E-state index in [1.165, 1.54) is 0 Å². The molecule has 2 aliphatic rings. The summed E-state index contributed by atoms with van der Waals surface area (Å²) in [5, 5.41) is 1.68. The van der Waals surface area contributed by atoms with Crippen LogP contribution in [0.25, 0.3) is 17.0 Å². The number of rotatable bonds is 6. The Morgan fingerprint density at radius 3 is 2.62 bits per heavy atom. The van der Waals surface area contributed by atoms with Crippen LogP contribution in [0.2, 0.25) is 10.0 Å². The van der Waals surface area contributed by atoms with Crippen molar-refractivity contribution in [2.45, 2.75) is 19.9 Å². The molecule has 37 heavy (non-hydrogen) atoms. The number of thioether (sulfide) groups is 1. The average molecular weight is 558 g/mol. The fourth-order valence-corrected chi connectivity index (χ4v) is 5.95. The molecule has 0 saturated carbocycles. The molecule has 0 spiro atoms. The fraction of sp³-hybridized carbons (Fsp3) is 0.296. The van der Waals surface area contributed by atoms with Crippen molar-refractivity contribution in [3.8, 4) is 0 Å². The van der Waals surface area contributed by atoms with Gasteiger partial charge in [0.05, 0.1) is 23.6 Å². The van der Waals surface area contributed by atoms with Gasteiger partial charge in [-0.3, -0.25) is 19.3 Å². The van der Waals surface area contributed by atoms with Gasteiger partial charge in [-0.05, 0) is 47.5 Å². The van der Waals surface area contributed by atoms with E-state index in [0.29, 0.717) is 47.8 Å². The number of aromatic nitrogens is 1. The summed E-state index contributed by atoms with van der Waals surface area (Å²) in [6.45, 7) is 4.18. The molecule has 0 aliphatic carbocycles. The minimum absolute atomic E-state index is 0.254. The summed E-state index contributed by atoms with van der Waals surface area (Å²) in [5.74, 6) is -0.708. The molecule has 7 nitrogen and oxygen atoms in total. The number of halogens is 2. The molecule has 3 amide bonds. The number of aryl methyl sites for hydroxylation is 1. The van der Waals surface area contributed by atoms with Crippen LogP contribution < -0.4 is 0 Å². The quantitative estimate of drug-likeness (QED) is 0.376. The van der Waals surface area contributed by atoms with Gasteiger partial charge in [0.15, 0.2) is 0 Å². The lowest BCUT2D eigenvalue weighted by Gasteiger charge is -2.28. The molecule has 0 unspecified atom stereocenters. The van der Waals surface area contributed by atoms with E-state index in [2.05, 4.69) is 17.6 Å². The minimum atomic E-state index is -0.454. The van der Waals surface area contributed by atoms with Crippen molar-refractivity contribution >= 4 is 69.0 Å². The summed E-state index contributed by atoms with van der Waals surface area (Å²) in [6, 6.07) is 11.5. The van der Waals surface area contributed by atoms with E-state index in [-0.39, 0.29) is 12.5 Å². The first-order valence-electron chi connectivity index (χ1n) is 12.0. The lowest BCUT2D eigenvalue weighted by molar-refractivity contribution is -0.139. The van der Waals surface area contributed by atoms with Crippen molar-refractivity contribution in [1.82, 2.24) is 14.4 Å². The molecule has 3 heterocycles. The molecule has 2 aliphatic heterocycles. The average Bonchev–Trinajstić information content (AvgIpc) is 3.38. The summed E-state index contributed by atoms with van der Waals surface area (Å²) < 4.78 is 7.39. The highest BCUT2D eigenvalue weighted by molar-refractivity contribution is 8.18. The van der Waals surface area contributed by atoms with Crippen LogP contribution in [0.4, 0.5) is 4.79 Å². The Kier molecular flexibility index (Phi) is 7.62. The Bertz CT molecular complexity index is 1430. The molecule has 0 radical (unpaired) electrons. The van der Waals surface area contributed by atoms with Gasteiger partial charge in [-0.1, -0.05) is 54.4 Å². The molecule has 0 atom stereocenters. The molecule has 3 aromatic rings. The first-order valence-corrected chi connectivity index (χ1v) is 13.6. The fourth-order valence-electron chi connectivity index (χ4n) is 4.65. The normalized spacial score (nSPS) is 17.4. The topological polar surface area (TPSA) is 71.9 Å². The number of nitrogens with zero attached hydrogens (tertiary/aromatic N) is 3. The number of imide groups is 1. The Morgan fingerprint density at radius 2 is 1.89 bits per heavy atom. The van der Waals surface area contributed by atoms with E-state index in [0.717, 1.165) is 50.7 Å². The van der Waals surface area contributed by atoms with E-state index in [1.54, 1.807) is 17.0 Å². The van der Waals surface area contributed by atoms with Crippen LogP contribution in [0.5, 0.6) is 0 Å². The van der Waals surface area contributed by atoms with Crippen molar-refractivity contribution < 1.29 is 19.1 Å². The molecular weight excluding hydrogens is 533 g/mol. The van der Waals surface area contributed by atoms with Crippen molar-refractivity contribution in [2.24, 2.45) is 0 Å². The van der Waals surface area contributed by atoms with Gasteiger partial charge in [-0.2, -0.15) is 0 Å². The largest absolute Gasteiger partial charge is 0.378 e. The van der Waals surface area contributed by atoms with Crippen LogP contribution in [0.15, 0.2) is 47.5 Å². The third-order valence-electron chi connectivity index (χ3n) is 6.57. The maximum Gasteiger partial charge on any atom is 0.294 e. The van der Waals surface area contributed by atoms with Crippen LogP contribution in [-0.2, 0) is 27.3 Å². The molecule has 0 bridgehead atoms. The smallest absolute Gasteiger partial charge is 0.294 e. The van der Waals surface area contributed by atoms with Gasteiger partial charge in [0.1, 0.15) is 6.54 Å². The van der Waals surface area contributed by atoms with Crippen LogP contribution >= 0.6 is 35.0 Å². The zero-order valence-corrected chi connectivity index (χ0v) is 22.5. The van der Waals surface area contributed by atoms with Crippen molar-refractivity contribution in [2.75, 3.05) is 32.8 Å². The molecule has 5 rings (SSSR count). The lowest BCUT2D eigenvalue weighted by Crippen LogP contribution is -2.46. The number of amides is 3. The molecule has 10 heteroatoms. The highest BCUT2D eigenvalue weighted by Crippen LogP contribution is 2.35. The number of fused-ring (bicyclic) bond motifs is 1. The molecule has 0 N–H and O–H groups in total. The minimum Gasteiger partial charge on any atom is -0.378 e. The van der Waals surface area contributed by atoms with Gasteiger partial charge in [0.25, 0.3) is 11.1 Å². The summed E-state index contributed by atoms with van der Waals surface area (Å²) in [5.41, 5.74) is 3.94.